The van der Waals surface area contributed by atoms with Crippen LogP contribution in [0.5, 0.6) is 0 Å². The zero-order valence-electron chi connectivity index (χ0n) is 9.90. The molecule has 0 spiro atoms. The van der Waals surface area contributed by atoms with Gasteiger partial charge in [-0.3, -0.25) is 4.79 Å². The highest BCUT2D eigenvalue weighted by Crippen LogP contribution is 2.21. The molecular formula is C13H15NO3. The van der Waals surface area contributed by atoms with Crippen LogP contribution in [-0.2, 0) is 14.3 Å². The van der Waals surface area contributed by atoms with Gasteiger partial charge in [0.1, 0.15) is 0 Å². The minimum atomic E-state index is -0.554. The Morgan fingerprint density at radius 1 is 1.29 bits per heavy atom. The first-order chi connectivity index (χ1) is 8.06. The molecule has 1 amide bonds. The summed E-state index contributed by atoms with van der Waals surface area (Å²) in [6.07, 6.45) is 0. The van der Waals surface area contributed by atoms with Gasteiger partial charge in [-0.1, -0.05) is 36.9 Å². The van der Waals surface area contributed by atoms with Crippen molar-refractivity contribution in [1.82, 2.24) is 5.32 Å². The van der Waals surface area contributed by atoms with Gasteiger partial charge in [0.05, 0.1) is 18.7 Å². The number of nitrogens with one attached hydrogen (secondary N) is 1. The maximum atomic E-state index is 11.4. The van der Waals surface area contributed by atoms with Gasteiger partial charge >= 0.3 is 5.97 Å². The van der Waals surface area contributed by atoms with E-state index in [2.05, 4.69) is 16.6 Å². The number of amides is 1. The standard InChI is InChI=1S/C13H15NO3/c1-9(13(16)17-3)12(14-10(2)15)11-7-5-4-6-8-11/h4-8,12H,1H2,2-3H3,(H,14,15)/t12-/m0/s1. The van der Waals surface area contributed by atoms with Crippen molar-refractivity contribution in [3.63, 3.8) is 0 Å². The van der Waals surface area contributed by atoms with Gasteiger partial charge in [-0.25, -0.2) is 4.79 Å². The fourth-order valence-corrected chi connectivity index (χ4v) is 1.47. The Morgan fingerprint density at radius 2 is 1.88 bits per heavy atom. The third-order valence-corrected chi connectivity index (χ3v) is 2.28. The summed E-state index contributed by atoms with van der Waals surface area (Å²) in [6, 6.07) is 8.59. The van der Waals surface area contributed by atoms with Crippen molar-refractivity contribution < 1.29 is 14.3 Å². The van der Waals surface area contributed by atoms with Crippen LogP contribution in [0.25, 0.3) is 0 Å². The van der Waals surface area contributed by atoms with Crippen LogP contribution in [0.15, 0.2) is 42.5 Å². The van der Waals surface area contributed by atoms with Crippen molar-refractivity contribution in [2.75, 3.05) is 7.11 Å². The zero-order valence-corrected chi connectivity index (χ0v) is 9.90. The molecule has 0 unspecified atom stereocenters. The normalized spacial score (nSPS) is 11.4. The summed E-state index contributed by atoms with van der Waals surface area (Å²) in [5, 5.41) is 2.67. The van der Waals surface area contributed by atoms with E-state index in [0.717, 1.165) is 5.56 Å². The number of carbonyl (C=O) groups is 2. The molecule has 1 N–H and O–H groups in total. The molecule has 0 radical (unpaired) electrons. The first-order valence-corrected chi connectivity index (χ1v) is 5.15. The van der Waals surface area contributed by atoms with Gasteiger partial charge in [-0.05, 0) is 5.56 Å². The summed E-state index contributed by atoms with van der Waals surface area (Å²) in [5.41, 5.74) is 0.993. The Bertz CT molecular complexity index is 426. The fourth-order valence-electron chi connectivity index (χ4n) is 1.47. The molecule has 4 heteroatoms. The summed E-state index contributed by atoms with van der Waals surface area (Å²) in [4.78, 5) is 22.6. The van der Waals surface area contributed by atoms with Crippen LogP contribution in [-0.4, -0.2) is 19.0 Å². The molecule has 0 aromatic heterocycles. The van der Waals surface area contributed by atoms with Crippen molar-refractivity contribution in [3.05, 3.63) is 48.0 Å². The largest absolute Gasteiger partial charge is 0.466 e. The van der Waals surface area contributed by atoms with Crippen LogP contribution in [0.2, 0.25) is 0 Å². The number of hydrogen-bond acceptors (Lipinski definition) is 3. The summed E-state index contributed by atoms with van der Waals surface area (Å²) in [7, 11) is 1.28. The Morgan fingerprint density at radius 3 is 2.35 bits per heavy atom. The van der Waals surface area contributed by atoms with Gasteiger partial charge in [0.15, 0.2) is 0 Å². The second-order valence-corrected chi connectivity index (χ2v) is 3.56. The number of methoxy groups -OCH3 is 1. The third kappa shape index (κ3) is 3.45. The highest BCUT2D eigenvalue weighted by Gasteiger charge is 2.21. The molecule has 1 rings (SSSR count). The van der Waals surface area contributed by atoms with Crippen molar-refractivity contribution in [1.29, 1.82) is 0 Å². The van der Waals surface area contributed by atoms with Crippen molar-refractivity contribution in [2.24, 2.45) is 0 Å². The molecular weight excluding hydrogens is 218 g/mol. The molecule has 1 atom stereocenters. The van der Waals surface area contributed by atoms with E-state index in [1.165, 1.54) is 14.0 Å². The molecule has 4 nitrogen and oxygen atoms in total. The minimum Gasteiger partial charge on any atom is -0.466 e. The number of esters is 1. The van der Waals surface area contributed by atoms with Crippen molar-refractivity contribution in [3.8, 4) is 0 Å². The predicted octanol–water partition coefficient (Wildman–Crippen LogP) is 1.59. The summed E-state index contributed by atoms with van der Waals surface area (Å²) >= 11 is 0. The van der Waals surface area contributed by atoms with Crippen molar-refractivity contribution >= 4 is 11.9 Å². The number of carbonyl (C=O) groups excluding carboxylic acids is 2. The lowest BCUT2D eigenvalue weighted by molar-refractivity contribution is -0.136. The molecule has 1 aromatic carbocycles. The maximum absolute atomic E-state index is 11.4. The van der Waals surface area contributed by atoms with Crippen LogP contribution in [0, 0.1) is 0 Å². The molecule has 0 aliphatic heterocycles. The minimum absolute atomic E-state index is 0.203. The molecule has 90 valence electrons. The van der Waals surface area contributed by atoms with Crippen LogP contribution in [0.3, 0.4) is 0 Å². The molecule has 0 aliphatic rings. The number of ether oxygens (including phenoxy) is 1. The molecule has 0 heterocycles. The molecule has 1 aromatic rings. The molecule has 0 aliphatic carbocycles. The lowest BCUT2D eigenvalue weighted by Gasteiger charge is -2.19. The molecule has 0 bridgehead atoms. The molecule has 0 fully saturated rings. The van der Waals surface area contributed by atoms with Crippen LogP contribution >= 0.6 is 0 Å². The predicted molar refractivity (Wildman–Crippen MR) is 64.2 cm³/mol. The number of rotatable bonds is 4. The van der Waals surface area contributed by atoms with Crippen LogP contribution < -0.4 is 5.32 Å². The first kappa shape index (κ1) is 13.0. The van der Waals surface area contributed by atoms with Gasteiger partial charge in [-0.15, -0.1) is 0 Å². The van der Waals surface area contributed by atoms with Gasteiger partial charge in [0.25, 0.3) is 0 Å². The lowest BCUT2D eigenvalue weighted by Crippen LogP contribution is -2.30. The first-order valence-electron chi connectivity index (χ1n) is 5.15. The summed E-state index contributed by atoms with van der Waals surface area (Å²) < 4.78 is 4.61. The van der Waals surface area contributed by atoms with E-state index in [1.54, 1.807) is 0 Å². The molecule has 17 heavy (non-hydrogen) atoms. The molecule has 0 saturated carbocycles. The number of hydrogen-bond donors (Lipinski definition) is 1. The Kier molecular flexibility index (Phi) is 4.46. The average molecular weight is 233 g/mol. The average Bonchev–Trinajstić information content (AvgIpc) is 2.35. The SMILES string of the molecule is C=C(C(=O)OC)[C@H](NC(C)=O)c1ccccc1. The Balaban J connectivity index is 3.00. The monoisotopic (exact) mass is 233 g/mol. The smallest absolute Gasteiger partial charge is 0.335 e. The Labute approximate surface area is 100 Å². The summed E-state index contributed by atoms with van der Waals surface area (Å²) in [6.45, 7) is 5.06. The van der Waals surface area contributed by atoms with E-state index in [1.807, 2.05) is 30.3 Å². The van der Waals surface area contributed by atoms with E-state index < -0.39 is 12.0 Å². The zero-order chi connectivity index (χ0) is 12.8. The van der Waals surface area contributed by atoms with Gasteiger partial charge in [0, 0.05) is 6.92 Å². The molecule has 0 saturated heterocycles. The highest BCUT2D eigenvalue weighted by atomic mass is 16.5. The quantitative estimate of drug-likeness (QED) is 0.634. The lowest BCUT2D eigenvalue weighted by atomic mass is 10.00. The van der Waals surface area contributed by atoms with Gasteiger partial charge < -0.3 is 10.1 Å². The second kappa shape index (κ2) is 5.84. The van der Waals surface area contributed by atoms with E-state index in [-0.39, 0.29) is 11.5 Å². The van der Waals surface area contributed by atoms with E-state index in [9.17, 15) is 9.59 Å². The van der Waals surface area contributed by atoms with Gasteiger partial charge in [0.2, 0.25) is 5.91 Å². The Hall–Kier alpha value is -2.10. The maximum Gasteiger partial charge on any atom is 0.335 e. The highest BCUT2D eigenvalue weighted by molar-refractivity contribution is 5.90. The fraction of sp³-hybridized carbons (Fsp3) is 0.231. The van der Waals surface area contributed by atoms with Crippen molar-refractivity contribution in [2.45, 2.75) is 13.0 Å². The van der Waals surface area contributed by atoms with E-state index in [0.29, 0.717) is 0 Å². The summed E-state index contributed by atoms with van der Waals surface area (Å²) in [5.74, 6) is -0.767. The van der Waals surface area contributed by atoms with Crippen LogP contribution in [0.4, 0.5) is 0 Å². The van der Waals surface area contributed by atoms with Crippen LogP contribution in [0.1, 0.15) is 18.5 Å². The third-order valence-electron chi connectivity index (χ3n) is 2.28. The van der Waals surface area contributed by atoms with E-state index >= 15 is 0 Å². The van der Waals surface area contributed by atoms with Gasteiger partial charge in [-0.2, -0.15) is 0 Å². The van der Waals surface area contributed by atoms with E-state index in [4.69, 9.17) is 0 Å². The second-order valence-electron chi connectivity index (χ2n) is 3.56. The topological polar surface area (TPSA) is 55.4 Å². The number of benzene rings is 1.